The van der Waals surface area contributed by atoms with Gasteiger partial charge in [0, 0.05) is 37.2 Å². The van der Waals surface area contributed by atoms with Gasteiger partial charge in [-0.1, -0.05) is 6.07 Å². The van der Waals surface area contributed by atoms with E-state index in [0.29, 0.717) is 12.2 Å². The Kier molecular flexibility index (Phi) is 4.82. The molecule has 0 bridgehead atoms. The Labute approximate surface area is 136 Å². The summed E-state index contributed by atoms with van der Waals surface area (Å²) >= 11 is 1.62. The second-order valence-corrected chi connectivity index (χ2v) is 6.04. The zero-order chi connectivity index (χ0) is 16.1. The van der Waals surface area contributed by atoms with Crippen LogP contribution in [0, 0.1) is 0 Å². The van der Waals surface area contributed by atoms with Gasteiger partial charge >= 0.3 is 5.69 Å². The number of hydrogen-bond acceptors (Lipinski definition) is 5. The van der Waals surface area contributed by atoms with Gasteiger partial charge in [0.25, 0.3) is 0 Å². The second-order valence-electron chi connectivity index (χ2n) is 5.06. The fourth-order valence-electron chi connectivity index (χ4n) is 2.25. The molecule has 1 amide bonds. The highest BCUT2D eigenvalue weighted by molar-refractivity contribution is 7.09. The Morgan fingerprint density at radius 2 is 2.26 bits per heavy atom. The highest BCUT2D eigenvalue weighted by atomic mass is 32.1. The summed E-state index contributed by atoms with van der Waals surface area (Å²) in [5, 5.41) is 10.1. The van der Waals surface area contributed by atoms with E-state index in [1.54, 1.807) is 35.9 Å². The van der Waals surface area contributed by atoms with Crippen molar-refractivity contribution in [3.63, 3.8) is 0 Å². The summed E-state index contributed by atoms with van der Waals surface area (Å²) in [5.41, 5.74) is 0.360. The normalized spacial score (nSPS) is 11.0. The van der Waals surface area contributed by atoms with Crippen LogP contribution in [-0.4, -0.2) is 31.6 Å². The van der Waals surface area contributed by atoms with Gasteiger partial charge in [-0.3, -0.25) is 9.20 Å². The highest BCUT2D eigenvalue weighted by Gasteiger charge is 2.08. The van der Waals surface area contributed by atoms with Crippen molar-refractivity contribution in [1.82, 2.24) is 24.5 Å². The maximum atomic E-state index is 12.1. The van der Waals surface area contributed by atoms with E-state index in [0.717, 1.165) is 17.8 Å². The molecule has 23 heavy (non-hydrogen) atoms. The first kappa shape index (κ1) is 15.4. The van der Waals surface area contributed by atoms with E-state index >= 15 is 0 Å². The number of rotatable bonds is 7. The molecule has 0 unspecified atom stereocenters. The molecule has 0 saturated heterocycles. The number of thiazole rings is 1. The van der Waals surface area contributed by atoms with E-state index in [-0.39, 0.29) is 24.6 Å². The molecule has 0 aliphatic heterocycles. The van der Waals surface area contributed by atoms with Crippen molar-refractivity contribution in [2.75, 3.05) is 6.54 Å². The van der Waals surface area contributed by atoms with Crippen molar-refractivity contribution in [1.29, 1.82) is 0 Å². The van der Waals surface area contributed by atoms with E-state index in [2.05, 4.69) is 15.4 Å². The molecule has 0 aliphatic carbocycles. The summed E-state index contributed by atoms with van der Waals surface area (Å²) in [5.74, 6) is -0.0758. The molecule has 0 radical (unpaired) electrons. The largest absolute Gasteiger partial charge is 0.356 e. The molecular weight excluding hydrogens is 314 g/mol. The van der Waals surface area contributed by atoms with E-state index in [4.69, 9.17) is 0 Å². The van der Waals surface area contributed by atoms with Gasteiger partial charge in [-0.15, -0.1) is 16.4 Å². The second kappa shape index (κ2) is 7.19. The van der Waals surface area contributed by atoms with Crippen LogP contribution in [0.25, 0.3) is 5.65 Å². The van der Waals surface area contributed by atoms with Crippen LogP contribution >= 0.6 is 11.3 Å². The molecule has 0 atom stereocenters. The van der Waals surface area contributed by atoms with Crippen LogP contribution in [0.15, 0.2) is 40.8 Å². The number of nitrogens with zero attached hydrogens (tertiary/aromatic N) is 4. The minimum Gasteiger partial charge on any atom is -0.356 e. The molecule has 3 heterocycles. The lowest BCUT2D eigenvalue weighted by Gasteiger charge is -2.04. The number of nitrogens with one attached hydrogen (secondary N) is 1. The molecule has 120 valence electrons. The first-order valence-electron chi connectivity index (χ1n) is 7.43. The third-order valence-electron chi connectivity index (χ3n) is 3.41. The molecule has 0 fully saturated rings. The van der Waals surface area contributed by atoms with Gasteiger partial charge in [0.15, 0.2) is 5.65 Å². The molecule has 0 spiro atoms. The minimum atomic E-state index is -0.225. The van der Waals surface area contributed by atoms with Crippen LogP contribution in [0.2, 0.25) is 0 Å². The van der Waals surface area contributed by atoms with E-state index in [1.165, 1.54) is 9.08 Å². The van der Waals surface area contributed by atoms with E-state index < -0.39 is 0 Å². The SMILES string of the molecule is O=C(CCn1nc2ccccn2c1=O)NCCCc1nccs1. The Morgan fingerprint density at radius 1 is 1.35 bits per heavy atom. The van der Waals surface area contributed by atoms with Crippen LogP contribution in [-0.2, 0) is 17.8 Å². The average Bonchev–Trinajstić information content (AvgIpc) is 3.18. The maximum Gasteiger partial charge on any atom is 0.350 e. The molecule has 3 aromatic rings. The lowest BCUT2D eigenvalue weighted by atomic mass is 10.3. The van der Waals surface area contributed by atoms with Gasteiger partial charge in [0.2, 0.25) is 5.91 Å². The number of aryl methyl sites for hydroxylation is 2. The maximum absolute atomic E-state index is 12.1. The monoisotopic (exact) mass is 331 g/mol. The summed E-state index contributed by atoms with van der Waals surface area (Å²) in [4.78, 5) is 28.1. The van der Waals surface area contributed by atoms with Crippen molar-refractivity contribution in [3.8, 4) is 0 Å². The van der Waals surface area contributed by atoms with Crippen LogP contribution in [0.5, 0.6) is 0 Å². The lowest BCUT2D eigenvalue weighted by molar-refractivity contribution is -0.121. The molecule has 0 aromatic carbocycles. The van der Waals surface area contributed by atoms with Crippen molar-refractivity contribution in [2.45, 2.75) is 25.8 Å². The number of fused-ring (bicyclic) bond motifs is 1. The van der Waals surface area contributed by atoms with Crippen LogP contribution in [0.1, 0.15) is 17.8 Å². The zero-order valence-electron chi connectivity index (χ0n) is 12.5. The molecule has 0 aliphatic rings. The van der Waals surface area contributed by atoms with Gasteiger partial charge < -0.3 is 5.32 Å². The molecule has 8 heteroatoms. The summed E-state index contributed by atoms with van der Waals surface area (Å²) < 4.78 is 2.79. The smallest absolute Gasteiger partial charge is 0.350 e. The van der Waals surface area contributed by atoms with Gasteiger partial charge in [0.1, 0.15) is 0 Å². The molecule has 1 N–H and O–H groups in total. The predicted octanol–water partition coefficient (Wildman–Crippen LogP) is 1.09. The number of aromatic nitrogens is 4. The van der Waals surface area contributed by atoms with E-state index in [1.807, 2.05) is 11.4 Å². The standard InChI is InChI=1S/C15H17N5O2S/c21-13(16-7-3-5-14-17-8-11-23-14)6-10-20-15(22)19-9-2-1-4-12(19)18-20/h1-2,4,8-9,11H,3,5-7,10H2,(H,16,21). The number of pyridine rings is 1. The molecule has 7 nitrogen and oxygen atoms in total. The van der Waals surface area contributed by atoms with Crippen molar-refractivity contribution in [3.05, 3.63) is 51.5 Å². The number of carbonyl (C=O) groups is 1. The Hall–Kier alpha value is -2.48. The van der Waals surface area contributed by atoms with Crippen LogP contribution < -0.4 is 11.0 Å². The van der Waals surface area contributed by atoms with Gasteiger partial charge in [-0.05, 0) is 18.6 Å². The Balaban J connectivity index is 1.45. The summed E-state index contributed by atoms with van der Waals surface area (Å²) in [6.45, 7) is 0.886. The van der Waals surface area contributed by atoms with E-state index in [9.17, 15) is 9.59 Å². The summed E-state index contributed by atoms with van der Waals surface area (Å²) in [6.07, 6.45) is 5.41. The fourth-order valence-corrected chi connectivity index (χ4v) is 2.92. The molecule has 3 rings (SSSR count). The number of carbonyl (C=O) groups excluding carboxylic acids is 1. The Bertz CT molecular complexity index is 837. The lowest BCUT2D eigenvalue weighted by Crippen LogP contribution is -2.28. The van der Waals surface area contributed by atoms with Crippen molar-refractivity contribution in [2.24, 2.45) is 0 Å². The third kappa shape index (κ3) is 3.84. The molecular formula is C15H17N5O2S. The Morgan fingerprint density at radius 3 is 3.04 bits per heavy atom. The van der Waals surface area contributed by atoms with Crippen LogP contribution in [0.4, 0.5) is 0 Å². The summed E-state index contributed by atoms with van der Waals surface area (Å²) in [6, 6.07) is 5.35. The van der Waals surface area contributed by atoms with Crippen molar-refractivity contribution < 1.29 is 4.79 Å². The van der Waals surface area contributed by atoms with Gasteiger partial charge in [-0.2, -0.15) is 0 Å². The van der Waals surface area contributed by atoms with Gasteiger partial charge in [-0.25, -0.2) is 14.5 Å². The quantitative estimate of drug-likeness (QED) is 0.657. The topological polar surface area (TPSA) is 81.3 Å². The molecule has 3 aromatic heterocycles. The first-order valence-corrected chi connectivity index (χ1v) is 8.31. The number of amides is 1. The average molecular weight is 331 g/mol. The summed E-state index contributed by atoms with van der Waals surface area (Å²) in [7, 11) is 0. The first-order chi connectivity index (χ1) is 11.2. The van der Waals surface area contributed by atoms with Gasteiger partial charge in [0.05, 0.1) is 11.6 Å². The predicted molar refractivity (Wildman–Crippen MR) is 87.5 cm³/mol. The molecule has 0 saturated carbocycles. The van der Waals surface area contributed by atoms with Crippen molar-refractivity contribution >= 4 is 22.9 Å². The minimum absolute atomic E-state index is 0.0758. The fraction of sp³-hybridized carbons (Fsp3) is 0.333. The van der Waals surface area contributed by atoms with Crippen LogP contribution in [0.3, 0.4) is 0 Å². The zero-order valence-corrected chi connectivity index (χ0v) is 13.3. The highest BCUT2D eigenvalue weighted by Crippen LogP contribution is 2.05. The third-order valence-corrected chi connectivity index (χ3v) is 4.25. The number of hydrogen-bond donors (Lipinski definition) is 1.